The van der Waals surface area contributed by atoms with Crippen molar-refractivity contribution in [1.82, 2.24) is 20.1 Å². The van der Waals surface area contributed by atoms with Gasteiger partial charge in [0.05, 0.1) is 10.3 Å². The maximum absolute atomic E-state index is 12.9. The molecule has 6 nitrogen and oxygen atoms in total. The van der Waals surface area contributed by atoms with E-state index in [9.17, 15) is 9.59 Å². The van der Waals surface area contributed by atoms with Crippen LogP contribution in [-0.2, 0) is 0 Å². The Kier molecular flexibility index (Phi) is 4.16. The highest BCUT2D eigenvalue weighted by Crippen LogP contribution is 2.32. The number of fused-ring (bicyclic) bond motifs is 4. The van der Waals surface area contributed by atoms with Crippen LogP contribution in [-0.4, -0.2) is 64.9 Å². The summed E-state index contributed by atoms with van der Waals surface area (Å²) in [7, 11) is 0. The van der Waals surface area contributed by atoms with Crippen LogP contribution in [0.25, 0.3) is 10.1 Å². The quantitative estimate of drug-likeness (QED) is 0.882. The van der Waals surface area contributed by atoms with Gasteiger partial charge in [-0.05, 0) is 51.3 Å². The molecule has 27 heavy (non-hydrogen) atoms. The molecule has 4 aliphatic heterocycles. The predicted molar refractivity (Wildman–Crippen MR) is 105 cm³/mol. The van der Waals surface area contributed by atoms with Crippen molar-refractivity contribution in [3.63, 3.8) is 0 Å². The Morgan fingerprint density at radius 1 is 1.22 bits per heavy atom. The van der Waals surface area contributed by atoms with Crippen LogP contribution in [0.2, 0.25) is 0 Å². The van der Waals surface area contributed by atoms with E-state index in [2.05, 4.69) is 22.1 Å². The van der Waals surface area contributed by atoms with Crippen molar-refractivity contribution in [1.29, 1.82) is 0 Å². The second kappa shape index (κ2) is 6.56. The van der Waals surface area contributed by atoms with E-state index in [1.165, 1.54) is 11.3 Å². The fourth-order valence-electron chi connectivity index (χ4n) is 4.68. The Balaban J connectivity index is 1.39. The van der Waals surface area contributed by atoms with Crippen LogP contribution in [0.1, 0.15) is 47.0 Å². The molecule has 0 radical (unpaired) electrons. The largest absolute Gasteiger partial charge is 0.346 e. The maximum Gasteiger partial charge on any atom is 0.270 e. The molecule has 1 N–H and O–H groups in total. The minimum atomic E-state index is -0.129. The van der Waals surface area contributed by atoms with Crippen LogP contribution in [0.4, 0.5) is 0 Å². The number of likely N-dealkylation sites (tertiary alicyclic amines) is 1. The highest BCUT2D eigenvalue weighted by Gasteiger charge is 2.40. The molecule has 2 atom stereocenters. The summed E-state index contributed by atoms with van der Waals surface area (Å²) in [5.74, 6) is 0.495. The number of nitrogens with zero attached hydrogens (tertiary/aromatic N) is 3. The maximum atomic E-state index is 12.9. The van der Waals surface area contributed by atoms with Crippen LogP contribution in [0.5, 0.6) is 0 Å². The van der Waals surface area contributed by atoms with Gasteiger partial charge in [0.2, 0.25) is 0 Å². The van der Waals surface area contributed by atoms with Crippen molar-refractivity contribution in [2.75, 3.05) is 26.2 Å². The summed E-state index contributed by atoms with van der Waals surface area (Å²) in [6, 6.07) is 2.34. The monoisotopic (exact) mass is 384 g/mol. The number of nitrogens with one attached hydrogen (secondary N) is 1. The standard InChI is InChI=1S/C20H24N4O2S/c1-12-18(13-3-7-23(12)8-4-13)22-19(25)16-9-14-15(11-27-17(14)10-21-16)20(26)24-5-2-6-24/h9-13,18H,2-8H2,1H3,(H,22,25). The Labute approximate surface area is 162 Å². The summed E-state index contributed by atoms with van der Waals surface area (Å²) in [4.78, 5) is 34.2. The van der Waals surface area contributed by atoms with Crippen LogP contribution in [0, 0.1) is 5.92 Å². The Morgan fingerprint density at radius 2 is 2.00 bits per heavy atom. The average molecular weight is 385 g/mol. The van der Waals surface area contributed by atoms with Gasteiger partial charge in [0.25, 0.3) is 11.8 Å². The Hall–Kier alpha value is -1.99. The molecule has 0 aliphatic carbocycles. The van der Waals surface area contributed by atoms with Crippen LogP contribution in [0.15, 0.2) is 17.6 Å². The van der Waals surface area contributed by atoms with Gasteiger partial charge in [-0.2, -0.15) is 0 Å². The molecule has 2 unspecified atom stereocenters. The molecular formula is C20H24N4O2S. The number of pyridine rings is 1. The van der Waals surface area contributed by atoms with Crippen LogP contribution >= 0.6 is 11.3 Å². The number of thiophene rings is 1. The number of carbonyl (C=O) groups excluding carboxylic acids is 2. The normalized spacial score (nSPS) is 29.6. The SMILES string of the molecule is CC1C(NC(=O)c2cc3c(C(=O)N4CCC4)csc3cn2)C2CCN1CC2. The lowest BCUT2D eigenvalue weighted by Gasteiger charge is -2.49. The molecule has 7 heteroatoms. The zero-order valence-corrected chi connectivity index (χ0v) is 16.3. The topological polar surface area (TPSA) is 65.5 Å². The third-order valence-electron chi connectivity index (χ3n) is 6.54. The first-order valence-electron chi connectivity index (χ1n) is 9.83. The van der Waals surface area contributed by atoms with E-state index in [4.69, 9.17) is 0 Å². The molecule has 6 heterocycles. The number of piperidine rings is 3. The van der Waals surface area contributed by atoms with Gasteiger partial charge in [-0.3, -0.25) is 14.5 Å². The molecule has 2 amide bonds. The molecule has 142 valence electrons. The summed E-state index contributed by atoms with van der Waals surface area (Å²) in [6.45, 7) is 6.13. The lowest BCUT2D eigenvalue weighted by molar-refractivity contribution is 0.0216. The van der Waals surface area contributed by atoms with Crippen molar-refractivity contribution in [3.05, 3.63) is 28.9 Å². The van der Waals surface area contributed by atoms with Gasteiger partial charge >= 0.3 is 0 Å². The molecule has 2 bridgehead atoms. The number of hydrogen-bond donors (Lipinski definition) is 1. The first-order valence-corrected chi connectivity index (χ1v) is 10.7. The average Bonchev–Trinajstić information content (AvgIpc) is 3.06. The molecule has 4 aliphatic rings. The third kappa shape index (κ3) is 2.84. The van der Waals surface area contributed by atoms with E-state index >= 15 is 0 Å². The Bertz CT molecular complexity index is 897. The highest BCUT2D eigenvalue weighted by atomic mass is 32.1. The van der Waals surface area contributed by atoms with E-state index < -0.39 is 0 Å². The third-order valence-corrected chi connectivity index (χ3v) is 7.48. The van der Waals surface area contributed by atoms with E-state index in [0.29, 0.717) is 23.2 Å². The molecule has 0 aromatic carbocycles. The minimum absolute atomic E-state index is 0.0658. The molecule has 4 saturated heterocycles. The lowest BCUT2D eigenvalue weighted by atomic mass is 9.79. The number of aromatic nitrogens is 1. The molecule has 4 fully saturated rings. The van der Waals surface area contributed by atoms with Gasteiger partial charge in [0, 0.05) is 42.1 Å². The lowest BCUT2D eigenvalue weighted by Crippen LogP contribution is -2.62. The number of hydrogen-bond acceptors (Lipinski definition) is 5. The smallest absolute Gasteiger partial charge is 0.270 e. The first kappa shape index (κ1) is 17.1. The minimum Gasteiger partial charge on any atom is -0.346 e. The molecule has 6 rings (SSSR count). The van der Waals surface area contributed by atoms with E-state index in [0.717, 1.165) is 55.5 Å². The zero-order valence-electron chi connectivity index (χ0n) is 15.5. The number of rotatable bonds is 3. The van der Waals surface area contributed by atoms with Gasteiger partial charge in [-0.25, -0.2) is 4.98 Å². The van der Waals surface area contributed by atoms with Gasteiger partial charge in [0.15, 0.2) is 0 Å². The molecule has 0 spiro atoms. The van der Waals surface area contributed by atoms with Crippen molar-refractivity contribution in [2.24, 2.45) is 5.92 Å². The van der Waals surface area contributed by atoms with Gasteiger partial charge in [-0.15, -0.1) is 11.3 Å². The Morgan fingerprint density at radius 3 is 2.67 bits per heavy atom. The van der Waals surface area contributed by atoms with Crippen molar-refractivity contribution in [3.8, 4) is 0 Å². The highest BCUT2D eigenvalue weighted by molar-refractivity contribution is 7.17. The molecule has 0 saturated carbocycles. The molecule has 2 aromatic rings. The van der Waals surface area contributed by atoms with Crippen molar-refractivity contribution in [2.45, 2.75) is 38.3 Å². The van der Waals surface area contributed by atoms with Crippen LogP contribution < -0.4 is 5.32 Å². The summed E-state index contributed by atoms with van der Waals surface area (Å²) >= 11 is 1.51. The van der Waals surface area contributed by atoms with Gasteiger partial charge in [-0.1, -0.05) is 0 Å². The van der Waals surface area contributed by atoms with Gasteiger partial charge < -0.3 is 10.2 Å². The number of carbonyl (C=O) groups is 2. The first-order chi connectivity index (χ1) is 13.1. The van der Waals surface area contributed by atoms with Crippen LogP contribution in [0.3, 0.4) is 0 Å². The van der Waals surface area contributed by atoms with Crippen molar-refractivity contribution < 1.29 is 9.59 Å². The van der Waals surface area contributed by atoms with E-state index in [1.54, 1.807) is 12.3 Å². The fourth-order valence-corrected chi connectivity index (χ4v) is 5.57. The zero-order chi connectivity index (χ0) is 18.5. The van der Waals surface area contributed by atoms with E-state index in [1.807, 2.05) is 10.3 Å². The second-order valence-corrected chi connectivity index (χ2v) is 8.89. The summed E-state index contributed by atoms with van der Waals surface area (Å²) in [5, 5.41) is 5.97. The summed E-state index contributed by atoms with van der Waals surface area (Å²) in [6.07, 6.45) is 5.10. The molecule has 2 aromatic heterocycles. The number of amides is 2. The fraction of sp³-hybridized carbons (Fsp3) is 0.550. The predicted octanol–water partition coefficient (Wildman–Crippen LogP) is 2.35. The summed E-state index contributed by atoms with van der Waals surface area (Å²) in [5.41, 5.74) is 1.10. The second-order valence-electron chi connectivity index (χ2n) is 7.97. The van der Waals surface area contributed by atoms with E-state index in [-0.39, 0.29) is 17.9 Å². The van der Waals surface area contributed by atoms with Gasteiger partial charge in [0.1, 0.15) is 5.69 Å². The molecular weight excluding hydrogens is 360 g/mol. The van der Waals surface area contributed by atoms with Crippen molar-refractivity contribution >= 4 is 33.2 Å². The summed E-state index contributed by atoms with van der Waals surface area (Å²) < 4.78 is 0.951.